The SMILES string of the molecule is Cc1nc(NC(C)CO)c2c(n1)[nH]c1ccc(O)cc12. The quantitative estimate of drug-likeness (QED) is 0.584. The van der Waals surface area contributed by atoms with Gasteiger partial charge in [0.2, 0.25) is 0 Å². The first kappa shape index (κ1) is 12.7. The van der Waals surface area contributed by atoms with Crippen molar-refractivity contribution in [1.82, 2.24) is 15.0 Å². The number of hydrogen-bond donors (Lipinski definition) is 4. The first-order valence-corrected chi connectivity index (χ1v) is 6.45. The highest BCUT2D eigenvalue weighted by atomic mass is 16.3. The molecule has 1 unspecified atom stereocenters. The molecule has 0 saturated heterocycles. The molecule has 3 rings (SSSR count). The van der Waals surface area contributed by atoms with Gasteiger partial charge in [-0.05, 0) is 32.0 Å². The van der Waals surface area contributed by atoms with Crippen LogP contribution in [0.1, 0.15) is 12.7 Å². The monoisotopic (exact) mass is 272 g/mol. The molecule has 3 aromatic rings. The summed E-state index contributed by atoms with van der Waals surface area (Å²) in [4.78, 5) is 12.0. The van der Waals surface area contributed by atoms with Crippen LogP contribution in [-0.2, 0) is 0 Å². The van der Waals surface area contributed by atoms with Crippen molar-refractivity contribution in [3.05, 3.63) is 24.0 Å². The number of phenolic OH excluding ortho intramolecular Hbond substituents is 1. The lowest BCUT2D eigenvalue weighted by Gasteiger charge is -2.12. The fourth-order valence-electron chi connectivity index (χ4n) is 2.28. The van der Waals surface area contributed by atoms with Crippen LogP contribution in [-0.4, -0.2) is 37.8 Å². The lowest BCUT2D eigenvalue weighted by molar-refractivity contribution is 0.281. The predicted molar refractivity (Wildman–Crippen MR) is 78.0 cm³/mol. The molecule has 20 heavy (non-hydrogen) atoms. The lowest BCUT2D eigenvalue weighted by Crippen LogP contribution is -2.20. The van der Waals surface area contributed by atoms with Gasteiger partial charge in [0.1, 0.15) is 23.0 Å². The van der Waals surface area contributed by atoms with Crippen molar-refractivity contribution in [3.63, 3.8) is 0 Å². The van der Waals surface area contributed by atoms with Gasteiger partial charge in [0.25, 0.3) is 0 Å². The van der Waals surface area contributed by atoms with E-state index in [2.05, 4.69) is 20.3 Å². The molecule has 1 atom stereocenters. The fraction of sp³-hybridized carbons (Fsp3) is 0.286. The van der Waals surface area contributed by atoms with E-state index in [9.17, 15) is 10.2 Å². The number of nitrogens with zero attached hydrogens (tertiary/aromatic N) is 2. The van der Waals surface area contributed by atoms with E-state index in [4.69, 9.17) is 0 Å². The Kier molecular flexibility index (Phi) is 2.94. The van der Waals surface area contributed by atoms with Crippen LogP contribution < -0.4 is 5.32 Å². The summed E-state index contributed by atoms with van der Waals surface area (Å²) in [6.45, 7) is 3.70. The van der Waals surface area contributed by atoms with Gasteiger partial charge in [-0.1, -0.05) is 0 Å². The molecule has 104 valence electrons. The van der Waals surface area contributed by atoms with Gasteiger partial charge in [-0.2, -0.15) is 0 Å². The Hall–Kier alpha value is -2.34. The van der Waals surface area contributed by atoms with Gasteiger partial charge in [-0.15, -0.1) is 0 Å². The maximum absolute atomic E-state index is 9.67. The van der Waals surface area contributed by atoms with Gasteiger partial charge in [0.05, 0.1) is 12.0 Å². The van der Waals surface area contributed by atoms with Crippen molar-refractivity contribution in [3.8, 4) is 5.75 Å². The van der Waals surface area contributed by atoms with Crippen LogP contribution in [0.15, 0.2) is 18.2 Å². The number of nitrogens with one attached hydrogen (secondary N) is 2. The molecule has 0 bridgehead atoms. The zero-order valence-corrected chi connectivity index (χ0v) is 11.3. The molecule has 0 aliphatic rings. The van der Waals surface area contributed by atoms with Crippen LogP contribution in [0.25, 0.3) is 21.9 Å². The fourth-order valence-corrected chi connectivity index (χ4v) is 2.28. The summed E-state index contributed by atoms with van der Waals surface area (Å²) in [5, 5.41) is 23.7. The number of aromatic nitrogens is 3. The topological polar surface area (TPSA) is 94.1 Å². The Bertz CT molecular complexity index is 782. The Morgan fingerprint density at radius 3 is 2.90 bits per heavy atom. The zero-order valence-electron chi connectivity index (χ0n) is 11.3. The second kappa shape index (κ2) is 4.64. The molecule has 0 spiro atoms. The van der Waals surface area contributed by atoms with Crippen LogP contribution >= 0.6 is 0 Å². The maximum Gasteiger partial charge on any atom is 0.144 e. The third-order valence-corrected chi connectivity index (χ3v) is 3.20. The molecule has 0 aliphatic heterocycles. The summed E-state index contributed by atoms with van der Waals surface area (Å²) in [5.41, 5.74) is 1.60. The third-order valence-electron chi connectivity index (χ3n) is 3.20. The average Bonchev–Trinajstić information content (AvgIpc) is 2.75. The summed E-state index contributed by atoms with van der Waals surface area (Å²) in [6.07, 6.45) is 0. The van der Waals surface area contributed by atoms with E-state index in [1.807, 2.05) is 13.8 Å². The average molecular weight is 272 g/mol. The second-order valence-corrected chi connectivity index (χ2v) is 4.93. The van der Waals surface area contributed by atoms with E-state index in [-0.39, 0.29) is 18.4 Å². The summed E-state index contributed by atoms with van der Waals surface area (Å²) in [7, 11) is 0. The minimum atomic E-state index is -0.116. The number of aryl methyl sites for hydroxylation is 1. The van der Waals surface area contributed by atoms with E-state index < -0.39 is 0 Å². The molecular formula is C14H16N4O2. The standard InChI is InChI=1S/C14H16N4O2/c1-7(6-19)15-13-12-10-5-9(20)3-4-11(10)18-14(12)17-8(2)16-13/h3-5,7,19-20H,6H2,1-2H3,(H2,15,16,17,18). The highest BCUT2D eigenvalue weighted by Crippen LogP contribution is 2.31. The number of aliphatic hydroxyl groups is 1. The van der Waals surface area contributed by atoms with Gasteiger partial charge in [-0.25, -0.2) is 9.97 Å². The summed E-state index contributed by atoms with van der Waals surface area (Å²) >= 11 is 0. The second-order valence-electron chi connectivity index (χ2n) is 4.93. The van der Waals surface area contributed by atoms with Gasteiger partial charge >= 0.3 is 0 Å². The van der Waals surface area contributed by atoms with E-state index in [0.717, 1.165) is 16.3 Å². The molecule has 0 amide bonds. The first-order valence-electron chi connectivity index (χ1n) is 6.45. The molecule has 0 fully saturated rings. The van der Waals surface area contributed by atoms with Crippen molar-refractivity contribution in [2.24, 2.45) is 0 Å². The minimum Gasteiger partial charge on any atom is -0.508 e. The molecule has 6 nitrogen and oxygen atoms in total. The van der Waals surface area contributed by atoms with Crippen LogP contribution in [0.4, 0.5) is 5.82 Å². The number of H-pyrrole nitrogens is 1. The number of fused-ring (bicyclic) bond motifs is 3. The van der Waals surface area contributed by atoms with Gasteiger partial charge in [0, 0.05) is 16.9 Å². The summed E-state index contributed by atoms with van der Waals surface area (Å²) in [5.74, 6) is 1.49. The van der Waals surface area contributed by atoms with Gasteiger partial charge in [0.15, 0.2) is 0 Å². The molecule has 2 aromatic heterocycles. The van der Waals surface area contributed by atoms with Gasteiger partial charge < -0.3 is 20.5 Å². The zero-order chi connectivity index (χ0) is 14.3. The predicted octanol–water partition coefficient (Wildman–Crippen LogP) is 1.92. The third kappa shape index (κ3) is 2.04. The number of aromatic hydroxyl groups is 1. The van der Waals surface area contributed by atoms with E-state index in [1.165, 1.54) is 0 Å². The Morgan fingerprint density at radius 2 is 2.15 bits per heavy atom. The minimum absolute atomic E-state index is 0.0121. The molecule has 0 aliphatic carbocycles. The maximum atomic E-state index is 9.67. The van der Waals surface area contributed by atoms with E-state index in [0.29, 0.717) is 17.3 Å². The smallest absolute Gasteiger partial charge is 0.144 e. The van der Waals surface area contributed by atoms with Crippen molar-refractivity contribution in [1.29, 1.82) is 0 Å². The van der Waals surface area contributed by atoms with Crippen molar-refractivity contribution < 1.29 is 10.2 Å². The Labute approximate surface area is 115 Å². The van der Waals surface area contributed by atoms with Crippen LogP contribution in [0.2, 0.25) is 0 Å². The molecular weight excluding hydrogens is 256 g/mol. The van der Waals surface area contributed by atoms with Crippen LogP contribution in [0.3, 0.4) is 0 Å². The molecule has 0 radical (unpaired) electrons. The Morgan fingerprint density at radius 1 is 1.35 bits per heavy atom. The van der Waals surface area contributed by atoms with Crippen molar-refractivity contribution >= 4 is 27.8 Å². The highest BCUT2D eigenvalue weighted by molar-refractivity contribution is 6.11. The van der Waals surface area contributed by atoms with E-state index in [1.54, 1.807) is 18.2 Å². The molecule has 1 aromatic carbocycles. The van der Waals surface area contributed by atoms with Crippen LogP contribution in [0.5, 0.6) is 5.75 Å². The number of hydrogen-bond acceptors (Lipinski definition) is 5. The molecule has 0 saturated carbocycles. The number of anilines is 1. The number of aliphatic hydroxyl groups excluding tert-OH is 1. The summed E-state index contributed by atoms with van der Waals surface area (Å²) < 4.78 is 0. The summed E-state index contributed by atoms with van der Waals surface area (Å²) in [6, 6.07) is 5.00. The molecule has 2 heterocycles. The largest absolute Gasteiger partial charge is 0.508 e. The first-order chi connectivity index (χ1) is 9.58. The van der Waals surface area contributed by atoms with E-state index >= 15 is 0 Å². The van der Waals surface area contributed by atoms with Crippen molar-refractivity contribution in [2.45, 2.75) is 19.9 Å². The normalized spacial score (nSPS) is 12.9. The highest BCUT2D eigenvalue weighted by Gasteiger charge is 2.14. The lowest BCUT2D eigenvalue weighted by atomic mass is 10.2. The Balaban J connectivity index is 2.31. The number of rotatable bonds is 3. The van der Waals surface area contributed by atoms with Gasteiger partial charge in [-0.3, -0.25) is 0 Å². The number of phenols is 1. The molecule has 4 N–H and O–H groups in total. The number of aromatic amines is 1. The molecule has 6 heteroatoms. The van der Waals surface area contributed by atoms with Crippen LogP contribution in [0, 0.1) is 6.92 Å². The van der Waals surface area contributed by atoms with Crippen molar-refractivity contribution in [2.75, 3.05) is 11.9 Å². The number of benzene rings is 1.